The fourth-order valence-electron chi connectivity index (χ4n) is 3.65. The summed E-state index contributed by atoms with van der Waals surface area (Å²) in [7, 11) is 0. The SMILES string of the molecule is CC(=O)NC1(c2noc(CCC(=O)Nc3ccc(F)cc3F)n2)CCCCCC1. The van der Waals surface area contributed by atoms with Crippen LogP contribution in [0.2, 0.25) is 0 Å². The van der Waals surface area contributed by atoms with Crippen LogP contribution in [0.15, 0.2) is 22.7 Å². The number of aromatic nitrogens is 2. The predicted molar refractivity (Wildman–Crippen MR) is 101 cm³/mol. The van der Waals surface area contributed by atoms with Crippen molar-refractivity contribution in [3.05, 3.63) is 41.5 Å². The molecule has 2 amide bonds. The van der Waals surface area contributed by atoms with Gasteiger partial charge in [0.15, 0.2) is 5.82 Å². The van der Waals surface area contributed by atoms with Crippen molar-refractivity contribution in [3.63, 3.8) is 0 Å². The van der Waals surface area contributed by atoms with E-state index in [-0.39, 0.29) is 30.3 Å². The minimum atomic E-state index is -0.843. The highest BCUT2D eigenvalue weighted by molar-refractivity contribution is 5.90. The molecule has 2 aromatic rings. The number of nitrogens with zero attached hydrogens (tertiary/aromatic N) is 2. The summed E-state index contributed by atoms with van der Waals surface area (Å²) in [6.45, 7) is 1.46. The molecule has 1 saturated carbocycles. The van der Waals surface area contributed by atoms with Crippen LogP contribution >= 0.6 is 0 Å². The summed E-state index contributed by atoms with van der Waals surface area (Å²) in [5, 5.41) is 9.45. The number of amides is 2. The van der Waals surface area contributed by atoms with Gasteiger partial charge in [0.2, 0.25) is 17.7 Å². The molecule has 1 heterocycles. The van der Waals surface area contributed by atoms with Crippen molar-refractivity contribution >= 4 is 17.5 Å². The molecule has 0 bridgehead atoms. The second kappa shape index (κ2) is 9.11. The highest BCUT2D eigenvalue weighted by Crippen LogP contribution is 2.34. The van der Waals surface area contributed by atoms with E-state index >= 15 is 0 Å². The Kier molecular flexibility index (Phi) is 6.56. The highest BCUT2D eigenvalue weighted by atomic mass is 19.1. The van der Waals surface area contributed by atoms with E-state index in [1.165, 1.54) is 6.92 Å². The molecule has 29 heavy (non-hydrogen) atoms. The van der Waals surface area contributed by atoms with Gasteiger partial charge < -0.3 is 15.2 Å². The third kappa shape index (κ3) is 5.36. The van der Waals surface area contributed by atoms with E-state index in [9.17, 15) is 18.4 Å². The van der Waals surface area contributed by atoms with E-state index in [4.69, 9.17) is 4.52 Å². The second-order valence-electron chi connectivity index (χ2n) is 7.36. The van der Waals surface area contributed by atoms with Crippen molar-refractivity contribution in [3.8, 4) is 0 Å². The molecule has 0 unspecified atom stereocenters. The predicted octanol–water partition coefficient (Wildman–Crippen LogP) is 3.60. The number of anilines is 1. The van der Waals surface area contributed by atoms with Crippen LogP contribution in [0.4, 0.5) is 14.5 Å². The fourth-order valence-corrected chi connectivity index (χ4v) is 3.65. The van der Waals surface area contributed by atoms with Gasteiger partial charge in [-0.15, -0.1) is 0 Å². The molecule has 2 N–H and O–H groups in total. The average molecular weight is 406 g/mol. The largest absolute Gasteiger partial charge is 0.343 e. The third-order valence-corrected chi connectivity index (χ3v) is 5.04. The number of rotatable bonds is 6. The van der Waals surface area contributed by atoms with Gasteiger partial charge in [0.05, 0.1) is 5.69 Å². The first-order valence-corrected chi connectivity index (χ1v) is 9.75. The van der Waals surface area contributed by atoms with Crippen molar-refractivity contribution in [2.45, 2.75) is 63.8 Å². The van der Waals surface area contributed by atoms with Gasteiger partial charge in [0.25, 0.3) is 0 Å². The standard InChI is InChI=1S/C20H24F2N4O3/c1-13(27)25-20(10-4-2-3-5-11-20)19-24-18(29-26-19)9-8-17(28)23-16-7-6-14(21)12-15(16)22/h6-7,12H,2-5,8-11H2,1H3,(H,23,28)(H,25,27). The van der Waals surface area contributed by atoms with Gasteiger partial charge in [0, 0.05) is 25.8 Å². The van der Waals surface area contributed by atoms with Crippen molar-refractivity contribution in [2.75, 3.05) is 5.32 Å². The zero-order valence-electron chi connectivity index (χ0n) is 16.3. The van der Waals surface area contributed by atoms with Gasteiger partial charge in [-0.25, -0.2) is 8.78 Å². The van der Waals surface area contributed by atoms with Gasteiger partial charge in [-0.3, -0.25) is 9.59 Å². The van der Waals surface area contributed by atoms with Crippen LogP contribution in [-0.2, 0) is 21.5 Å². The molecule has 0 saturated heterocycles. The maximum absolute atomic E-state index is 13.6. The van der Waals surface area contributed by atoms with Crippen molar-refractivity contribution < 1.29 is 22.9 Å². The second-order valence-corrected chi connectivity index (χ2v) is 7.36. The molecule has 0 aliphatic heterocycles. The van der Waals surface area contributed by atoms with Crippen LogP contribution in [-0.4, -0.2) is 22.0 Å². The van der Waals surface area contributed by atoms with Crippen molar-refractivity contribution in [1.82, 2.24) is 15.5 Å². The lowest BCUT2D eigenvalue weighted by Crippen LogP contribution is -2.45. The highest BCUT2D eigenvalue weighted by Gasteiger charge is 2.38. The van der Waals surface area contributed by atoms with Crippen LogP contribution in [0.5, 0.6) is 0 Å². The lowest BCUT2D eigenvalue weighted by Gasteiger charge is -2.30. The molecular weight excluding hydrogens is 382 g/mol. The molecular formula is C20H24F2N4O3. The Morgan fingerprint density at radius 3 is 2.55 bits per heavy atom. The lowest BCUT2D eigenvalue weighted by molar-refractivity contribution is -0.121. The van der Waals surface area contributed by atoms with E-state index in [0.29, 0.717) is 11.9 Å². The Labute approximate surface area is 167 Å². The van der Waals surface area contributed by atoms with E-state index in [1.54, 1.807) is 0 Å². The molecule has 0 radical (unpaired) electrons. The molecule has 3 rings (SSSR count). The van der Waals surface area contributed by atoms with Crippen LogP contribution in [0.25, 0.3) is 0 Å². The van der Waals surface area contributed by atoms with Crippen LogP contribution in [0, 0.1) is 11.6 Å². The molecule has 156 valence electrons. The molecule has 0 atom stereocenters. The van der Waals surface area contributed by atoms with Gasteiger partial charge in [-0.05, 0) is 25.0 Å². The minimum Gasteiger partial charge on any atom is -0.343 e. The Morgan fingerprint density at radius 1 is 1.17 bits per heavy atom. The summed E-state index contributed by atoms with van der Waals surface area (Å²) >= 11 is 0. The topological polar surface area (TPSA) is 97.1 Å². The van der Waals surface area contributed by atoms with E-state index in [0.717, 1.165) is 50.7 Å². The monoisotopic (exact) mass is 406 g/mol. The number of nitrogens with one attached hydrogen (secondary N) is 2. The van der Waals surface area contributed by atoms with Gasteiger partial charge >= 0.3 is 0 Å². The summed E-state index contributed by atoms with van der Waals surface area (Å²) in [4.78, 5) is 28.2. The number of hydrogen-bond acceptors (Lipinski definition) is 5. The molecule has 1 aliphatic carbocycles. The first-order chi connectivity index (χ1) is 13.9. The Hall–Kier alpha value is -2.84. The maximum Gasteiger partial charge on any atom is 0.227 e. The summed E-state index contributed by atoms with van der Waals surface area (Å²) < 4.78 is 31.9. The first-order valence-electron chi connectivity index (χ1n) is 9.75. The third-order valence-electron chi connectivity index (χ3n) is 5.04. The molecule has 0 spiro atoms. The normalized spacial score (nSPS) is 16.1. The number of aryl methyl sites for hydroxylation is 1. The molecule has 1 fully saturated rings. The first kappa shape index (κ1) is 20.9. The van der Waals surface area contributed by atoms with E-state index in [1.807, 2.05) is 0 Å². The zero-order valence-corrected chi connectivity index (χ0v) is 16.3. The number of halogens is 2. The number of hydrogen-bond donors (Lipinski definition) is 2. The van der Waals surface area contributed by atoms with Crippen LogP contribution in [0.3, 0.4) is 0 Å². The molecule has 7 nitrogen and oxygen atoms in total. The summed E-state index contributed by atoms with van der Waals surface area (Å²) in [5.41, 5.74) is -0.741. The quantitative estimate of drug-likeness (QED) is 0.715. The summed E-state index contributed by atoms with van der Waals surface area (Å²) in [5.74, 6) is -1.48. The Bertz CT molecular complexity index is 876. The number of carbonyl (C=O) groups is 2. The molecule has 1 aliphatic rings. The Morgan fingerprint density at radius 2 is 1.90 bits per heavy atom. The number of carbonyl (C=O) groups excluding carboxylic acids is 2. The molecule has 1 aromatic heterocycles. The van der Waals surface area contributed by atoms with Crippen molar-refractivity contribution in [2.24, 2.45) is 0 Å². The zero-order chi connectivity index (χ0) is 20.9. The van der Waals surface area contributed by atoms with Gasteiger partial charge in [0.1, 0.15) is 17.2 Å². The fraction of sp³-hybridized carbons (Fsp3) is 0.500. The Balaban J connectivity index is 1.64. The smallest absolute Gasteiger partial charge is 0.227 e. The summed E-state index contributed by atoms with van der Waals surface area (Å²) in [6.07, 6.45) is 5.71. The van der Waals surface area contributed by atoms with E-state index in [2.05, 4.69) is 20.8 Å². The maximum atomic E-state index is 13.6. The lowest BCUT2D eigenvalue weighted by atomic mass is 9.89. The van der Waals surface area contributed by atoms with Crippen LogP contribution < -0.4 is 10.6 Å². The minimum absolute atomic E-state index is 0.00835. The van der Waals surface area contributed by atoms with E-state index < -0.39 is 23.1 Å². The summed E-state index contributed by atoms with van der Waals surface area (Å²) in [6, 6.07) is 2.93. The van der Waals surface area contributed by atoms with Gasteiger partial charge in [-0.2, -0.15) is 4.98 Å². The van der Waals surface area contributed by atoms with Crippen molar-refractivity contribution in [1.29, 1.82) is 0 Å². The van der Waals surface area contributed by atoms with Crippen LogP contribution in [0.1, 0.15) is 63.6 Å². The molecule has 1 aromatic carbocycles. The van der Waals surface area contributed by atoms with Gasteiger partial charge in [-0.1, -0.05) is 30.8 Å². The number of benzene rings is 1. The average Bonchev–Trinajstić information content (AvgIpc) is 3.02. The molecule has 9 heteroatoms.